The van der Waals surface area contributed by atoms with Crippen molar-refractivity contribution in [3.05, 3.63) is 76.8 Å². The summed E-state index contributed by atoms with van der Waals surface area (Å²) in [6.07, 6.45) is 1.25. The lowest BCUT2D eigenvalue weighted by Crippen LogP contribution is -1.91. The number of hydrogen-bond acceptors (Lipinski definition) is 3. The molecule has 4 heteroatoms. The van der Waals surface area contributed by atoms with Gasteiger partial charge in [0.2, 0.25) is 0 Å². The van der Waals surface area contributed by atoms with Crippen LogP contribution < -0.4 is 0 Å². The summed E-state index contributed by atoms with van der Waals surface area (Å²) < 4.78 is 5.95. The molecule has 0 spiro atoms. The molecule has 0 N–H and O–H groups in total. The molecule has 3 aromatic carbocycles. The molecule has 0 bridgehead atoms. The van der Waals surface area contributed by atoms with Crippen molar-refractivity contribution in [1.82, 2.24) is 0 Å². The molecule has 126 valence electrons. The van der Waals surface area contributed by atoms with Crippen LogP contribution in [0.4, 0.5) is 5.69 Å². The van der Waals surface area contributed by atoms with E-state index in [0.717, 1.165) is 21.9 Å². The van der Waals surface area contributed by atoms with Crippen molar-refractivity contribution in [3.63, 3.8) is 0 Å². The number of nitro groups is 1. The van der Waals surface area contributed by atoms with Crippen LogP contribution >= 0.6 is 0 Å². The molecule has 25 heavy (non-hydrogen) atoms. The van der Waals surface area contributed by atoms with Gasteiger partial charge in [-0.3, -0.25) is 10.1 Å². The zero-order chi connectivity index (χ0) is 17.8. The van der Waals surface area contributed by atoms with Gasteiger partial charge in [0.15, 0.2) is 0 Å². The van der Waals surface area contributed by atoms with Crippen LogP contribution in [0.25, 0.3) is 33.1 Å². The first kappa shape index (κ1) is 16.7. The lowest BCUT2D eigenvalue weighted by Gasteiger charge is -2.03. The largest absolute Gasteiger partial charge is 0.455 e. The van der Waals surface area contributed by atoms with Gasteiger partial charge in [0.1, 0.15) is 11.2 Å². The first-order chi connectivity index (χ1) is 12.2. The summed E-state index contributed by atoms with van der Waals surface area (Å²) in [5.41, 5.74) is 2.84. The fraction of sp³-hybridized carbons (Fsp3) is 0.143. The van der Waals surface area contributed by atoms with Crippen molar-refractivity contribution in [2.24, 2.45) is 0 Å². The van der Waals surface area contributed by atoms with Gasteiger partial charge < -0.3 is 4.42 Å². The average Bonchev–Trinajstić information content (AvgIpc) is 3.01. The van der Waals surface area contributed by atoms with Gasteiger partial charge in [-0.25, -0.2) is 0 Å². The summed E-state index contributed by atoms with van der Waals surface area (Å²) in [5.74, 6) is 0. The molecular weight excluding hydrogens is 314 g/mol. The second kappa shape index (κ2) is 7.18. The Morgan fingerprint density at radius 2 is 1.44 bits per heavy atom. The van der Waals surface area contributed by atoms with E-state index in [1.165, 1.54) is 12.5 Å². The molecule has 0 aliphatic carbocycles. The molecular formula is C21H19NO3. The van der Waals surface area contributed by atoms with E-state index in [4.69, 9.17) is 4.42 Å². The van der Waals surface area contributed by atoms with Crippen molar-refractivity contribution >= 4 is 27.6 Å². The molecule has 0 aliphatic rings. The van der Waals surface area contributed by atoms with Gasteiger partial charge in [0, 0.05) is 22.4 Å². The molecule has 0 amide bonds. The number of rotatable bonds is 2. The predicted octanol–water partition coefficient (Wildman–Crippen LogP) is 6.58. The number of para-hydroxylation sites is 3. The maximum atomic E-state index is 11.3. The van der Waals surface area contributed by atoms with E-state index in [1.54, 1.807) is 18.2 Å². The van der Waals surface area contributed by atoms with E-state index >= 15 is 0 Å². The third-order valence-corrected chi connectivity index (χ3v) is 3.80. The maximum absolute atomic E-state index is 11.3. The summed E-state index contributed by atoms with van der Waals surface area (Å²) in [6.45, 7) is 4.25. The number of benzene rings is 3. The Morgan fingerprint density at radius 1 is 0.840 bits per heavy atom. The van der Waals surface area contributed by atoms with E-state index in [2.05, 4.69) is 13.8 Å². The van der Waals surface area contributed by atoms with Crippen LogP contribution in [0, 0.1) is 10.1 Å². The van der Waals surface area contributed by atoms with Crippen molar-refractivity contribution in [2.45, 2.75) is 20.3 Å². The summed E-state index contributed by atoms with van der Waals surface area (Å²) in [7, 11) is 0. The van der Waals surface area contributed by atoms with E-state index in [0.29, 0.717) is 11.1 Å². The quantitative estimate of drug-likeness (QED) is 0.307. The van der Waals surface area contributed by atoms with Crippen molar-refractivity contribution < 1.29 is 9.34 Å². The summed E-state index contributed by atoms with van der Waals surface area (Å²) in [5, 5.41) is 13.3. The second-order valence-electron chi connectivity index (χ2n) is 5.76. The van der Waals surface area contributed by atoms with Crippen LogP contribution in [0.5, 0.6) is 0 Å². The molecule has 0 fully saturated rings. The zero-order valence-electron chi connectivity index (χ0n) is 14.2. The van der Waals surface area contributed by atoms with Crippen LogP contribution in [0.1, 0.15) is 20.3 Å². The Hall–Kier alpha value is -3.14. The highest BCUT2D eigenvalue weighted by atomic mass is 16.6. The van der Waals surface area contributed by atoms with Gasteiger partial charge in [-0.1, -0.05) is 68.8 Å². The normalized spacial score (nSPS) is 10.5. The van der Waals surface area contributed by atoms with Crippen molar-refractivity contribution in [2.75, 3.05) is 0 Å². The third kappa shape index (κ3) is 3.11. The first-order valence-corrected chi connectivity index (χ1v) is 8.31. The lowest BCUT2D eigenvalue weighted by molar-refractivity contribution is -0.384. The number of nitro benzene ring substituents is 1. The molecule has 0 saturated carbocycles. The zero-order valence-corrected chi connectivity index (χ0v) is 14.2. The molecule has 4 aromatic rings. The molecule has 4 rings (SSSR count). The van der Waals surface area contributed by atoms with Gasteiger partial charge in [0.05, 0.1) is 10.5 Å². The van der Waals surface area contributed by atoms with Gasteiger partial charge in [-0.15, -0.1) is 0 Å². The molecule has 1 aromatic heterocycles. The summed E-state index contributed by atoms with van der Waals surface area (Å²) in [4.78, 5) is 10.9. The third-order valence-electron chi connectivity index (χ3n) is 3.80. The average molecular weight is 333 g/mol. The van der Waals surface area contributed by atoms with Gasteiger partial charge >= 0.3 is 0 Å². The summed E-state index contributed by atoms with van der Waals surface area (Å²) >= 11 is 0. The Bertz CT molecular complexity index is 1030. The predicted molar refractivity (Wildman–Crippen MR) is 102 cm³/mol. The van der Waals surface area contributed by atoms with Crippen LogP contribution in [0.2, 0.25) is 0 Å². The Balaban J connectivity index is 0.000000569. The number of fused-ring (bicyclic) bond motifs is 3. The van der Waals surface area contributed by atoms with E-state index in [-0.39, 0.29) is 10.6 Å². The Labute approximate surface area is 145 Å². The standard InChI is InChI=1S/C18H11NO3.C3H8/c20-19(21)16-10-3-1-6-12(16)14-8-5-9-15-13-7-2-4-11-17(13)22-18(14)15;1-3-2/h1-11H;3H2,1-2H3. The molecule has 0 radical (unpaired) electrons. The van der Waals surface area contributed by atoms with Gasteiger partial charge in [-0.05, 0) is 12.1 Å². The highest BCUT2D eigenvalue weighted by molar-refractivity contribution is 6.10. The van der Waals surface area contributed by atoms with Crippen LogP contribution in [0.15, 0.2) is 71.1 Å². The highest BCUT2D eigenvalue weighted by Crippen LogP contribution is 2.38. The SMILES string of the molecule is CCC.O=[N+]([O-])c1ccccc1-c1cccc2c1oc1ccccc12. The smallest absolute Gasteiger partial charge is 0.277 e. The van der Waals surface area contributed by atoms with E-state index in [1.807, 2.05) is 42.5 Å². The van der Waals surface area contributed by atoms with E-state index < -0.39 is 0 Å². The van der Waals surface area contributed by atoms with Crippen LogP contribution in [0.3, 0.4) is 0 Å². The first-order valence-electron chi connectivity index (χ1n) is 8.31. The Kier molecular flexibility index (Phi) is 4.80. The molecule has 0 unspecified atom stereocenters. The second-order valence-corrected chi connectivity index (χ2v) is 5.76. The molecule has 4 nitrogen and oxygen atoms in total. The lowest BCUT2D eigenvalue weighted by atomic mass is 10.0. The molecule has 0 aliphatic heterocycles. The van der Waals surface area contributed by atoms with Crippen LogP contribution in [-0.4, -0.2) is 4.92 Å². The maximum Gasteiger partial charge on any atom is 0.277 e. The minimum Gasteiger partial charge on any atom is -0.455 e. The number of furan rings is 1. The minimum atomic E-state index is -0.364. The number of nitrogens with zero attached hydrogens (tertiary/aromatic N) is 1. The molecule has 1 heterocycles. The monoisotopic (exact) mass is 333 g/mol. The highest BCUT2D eigenvalue weighted by Gasteiger charge is 2.18. The molecule has 0 saturated heterocycles. The van der Waals surface area contributed by atoms with Gasteiger partial charge in [-0.2, -0.15) is 0 Å². The minimum absolute atomic E-state index is 0.0791. The van der Waals surface area contributed by atoms with Crippen molar-refractivity contribution in [1.29, 1.82) is 0 Å². The fourth-order valence-corrected chi connectivity index (χ4v) is 2.82. The summed E-state index contributed by atoms with van der Waals surface area (Å²) in [6, 6.07) is 20.2. The number of hydrogen-bond donors (Lipinski definition) is 0. The molecule has 0 atom stereocenters. The van der Waals surface area contributed by atoms with Gasteiger partial charge in [0.25, 0.3) is 5.69 Å². The van der Waals surface area contributed by atoms with E-state index in [9.17, 15) is 10.1 Å². The van der Waals surface area contributed by atoms with Crippen molar-refractivity contribution in [3.8, 4) is 11.1 Å². The topological polar surface area (TPSA) is 56.3 Å². The Morgan fingerprint density at radius 3 is 2.20 bits per heavy atom. The fourth-order valence-electron chi connectivity index (χ4n) is 2.82. The van der Waals surface area contributed by atoms with Crippen LogP contribution in [-0.2, 0) is 0 Å².